The number of hydrogen-bond donors (Lipinski definition) is 3. The Morgan fingerprint density at radius 2 is 1.95 bits per heavy atom. The van der Waals surface area contributed by atoms with E-state index in [0.717, 1.165) is 0 Å². The standard InChI is InChI=1S/C14H22N4O3/c1-9(2)6-16-14(21)10(3)17-12(19)8-18-7-11(15)4-5-13(18)20/h4-5,7,9-10H,6,8,15H2,1-3H3,(H,16,21)(H,17,19). The highest BCUT2D eigenvalue weighted by molar-refractivity contribution is 5.87. The zero-order valence-electron chi connectivity index (χ0n) is 12.6. The van der Waals surface area contributed by atoms with Gasteiger partial charge in [0.25, 0.3) is 5.56 Å². The monoisotopic (exact) mass is 294 g/mol. The molecule has 1 atom stereocenters. The van der Waals surface area contributed by atoms with E-state index < -0.39 is 11.9 Å². The van der Waals surface area contributed by atoms with Crippen molar-refractivity contribution in [1.29, 1.82) is 0 Å². The summed E-state index contributed by atoms with van der Waals surface area (Å²) in [5.74, 6) is -0.338. The van der Waals surface area contributed by atoms with Gasteiger partial charge >= 0.3 is 0 Å². The van der Waals surface area contributed by atoms with Gasteiger partial charge in [0, 0.05) is 24.5 Å². The Labute approximate surface area is 123 Å². The molecule has 0 aromatic carbocycles. The summed E-state index contributed by atoms with van der Waals surface area (Å²) in [6, 6.07) is 2.10. The number of amides is 2. The van der Waals surface area contributed by atoms with Crippen LogP contribution in [0, 0.1) is 5.92 Å². The minimum absolute atomic E-state index is 0.175. The zero-order valence-corrected chi connectivity index (χ0v) is 12.6. The smallest absolute Gasteiger partial charge is 0.251 e. The van der Waals surface area contributed by atoms with Crippen molar-refractivity contribution in [3.05, 3.63) is 28.7 Å². The number of carbonyl (C=O) groups is 2. The summed E-state index contributed by atoms with van der Waals surface area (Å²) in [4.78, 5) is 35.1. The third-order valence-electron chi connectivity index (χ3n) is 2.78. The number of carbonyl (C=O) groups excluding carboxylic acids is 2. The van der Waals surface area contributed by atoms with Gasteiger partial charge in [-0.3, -0.25) is 14.4 Å². The Morgan fingerprint density at radius 3 is 2.57 bits per heavy atom. The highest BCUT2D eigenvalue weighted by atomic mass is 16.2. The van der Waals surface area contributed by atoms with Crippen molar-refractivity contribution in [2.75, 3.05) is 12.3 Å². The lowest BCUT2D eigenvalue weighted by Crippen LogP contribution is -2.47. The molecule has 2 amide bonds. The molecule has 116 valence electrons. The molecule has 21 heavy (non-hydrogen) atoms. The molecular weight excluding hydrogens is 272 g/mol. The Morgan fingerprint density at radius 1 is 1.29 bits per heavy atom. The van der Waals surface area contributed by atoms with E-state index in [1.807, 2.05) is 13.8 Å². The molecule has 0 aliphatic heterocycles. The van der Waals surface area contributed by atoms with Crippen LogP contribution in [-0.4, -0.2) is 29.0 Å². The average molecular weight is 294 g/mol. The molecule has 0 fully saturated rings. The number of hydrogen-bond acceptors (Lipinski definition) is 4. The van der Waals surface area contributed by atoms with Crippen LogP contribution in [0.4, 0.5) is 5.69 Å². The number of pyridine rings is 1. The lowest BCUT2D eigenvalue weighted by Gasteiger charge is -2.15. The molecule has 7 nitrogen and oxygen atoms in total. The first-order chi connectivity index (χ1) is 9.79. The van der Waals surface area contributed by atoms with Gasteiger partial charge in [-0.25, -0.2) is 0 Å². The van der Waals surface area contributed by atoms with Crippen LogP contribution in [0.15, 0.2) is 23.1 Å². The van der Waals surface area contributed by atoms with Crippen molar-refractivity contribution >= 4 is 17.5 Å². The van der Waals surface area contributed by atoms with E-state index >= 15 is 0 Å². The van der Waals surface area contributed by atoms with E-state index in [2.05, 4.69) is 10.6 Å². The zero-order chi connectivity index (χ0) is 16.0. The first-order valence-electron chi connectivity index (χ1n) is 6.82. The molecule has 1 unspecified atom stereocenters. The van der Waals surface area contributed by atoms with Gasteiger partial charge in [0.1, 0.15) is 12.6 Å². The van der Waals surface area contributed by atoms with Crippen LogP contribution in [0.3, 0.4) is 0 Å². The highest BCUT2D eigenvalue weighted by Gasteiger charge is 2.15. The van der Waals surface area contributed by atoms with Crippen LogP contribution in [0.1, 0.15) is 20.8 Å². The summed E-state index contributed by atoms with van der Waals surface area (Å²) in [5, 5.41) is 5.28. The predicted molar refractivity (Wildman–Crippen MR) is 80.6 cm³/mol. The normalized spacial score (nSPS) is 12.0. The molecule has 0 saturated heterocycles. The van der Waals surface area contributed by atoms with Crippen LogP contribution in [-0.2, 0) is 16.1 Å². The van der Waals surface area contributed by atoms with Gasteiger partial charge in [0.15, 0.2) is 0 Å². The van der Waals surface area contributed by atoms with Crippen LogP contribution in [0.25, 0.3) is 0 Å². The Kier molecular flexibility index (Phi) is 5.95. The second kappa shape index (κ2) is 7.47. The fraction of sp³-hybridized carbons (Fsp3) is 0.500. The van der Waals surface area contributed by atoms with Crippen molar-refractivity contribution in [2.45, 2.75) is 33.4 Å². The summed E-state index contributed by atoms with van der Waals surface area (Å²) < 4.78 is 1.20. The Balaban J connectivity index is 2.55. The van der Waals surface area contributed by atoms with Gasteiger partial charge in [-0.2, -0.15) is 0 Å². The van der Waals surface area contributed by atoms with Crippen LogP contribution >= 0.6 is 0 Å². The first-order valence-corrected chi connectivity index (χ1v) is 6.82. The molecule has 0 bridgehead atoms. The summed E-state index contributed by atoms with van der Waals surface area (Å²) in [5.41, 5.74) is 5.64. The first kappa shape index (κ1) is 16.7. The highest BCUT2D eigenvalue weighted by Crippen LogP contribution is 1.96. The fourth-order valence-electron chi connectivity index (χ4n) is 1.64. The van der Waals surface area contributed by atoms with E-state index in [4.69, 9.17) is 5.73 Å². The van der Waals surface area contributed by atoms with Crippen molar-refractivity contribution in [3.8, 4) is 0 Å². The lowest BCUT2D eigenvalue weighted by molar-refractivity contribution is -0.129. The number of nitrogens with two attached hydrogens (primary N) is 1. The molecule has 0 aliphatic rings. The van der Waals surface area contributed by atoms with Gasteiger partial charge in [0.05, 0.1) is 0 Å². The molecule has 0 radical (unpaired) electrons. The van der Waals surface area contributed by atoms with Crippen LogP contribution in [0.2, 0.25) is 0 Å². The molecule has 4 N–H and O–H groups in total. The number of nitrogens with zero attached hydrogens (tertiary/aromatic N) is 1. The number of nitrogen functional groups attached to an aromatic ring is 1. The maximum absolute atomic E-state index is 11.8. The van der Waals surface area contributed by atoms with Gasteiger partial charge in [0.2, 0.25) is 11.8 Å². The minimum Gasteiger partial charge on any atom is -0.398 e. The quantitative estimate of drug-likeness (QED) is 0.670. The molecule has 1 heterocycles. The molecule has 1 rings (SSSR count). The molecular formula is C14H22N4O3. The molecule has 1 aromatic heterocycles. The third kappa shape index (κ3) is 5.68. The summed E-state index contributed by atoms with van der Waals surface area (Å²) in [6.07, 6.45) is 1.39. The van der Waals surface area contributed by atoms with Crippen molar-refractivity contribution in [2.24, 2.45) is 5.92 Å². The maximum atomic E-state index is 11.8. The second-order valence-electron chi connectivity index (χ2n) is 5.36. The number of nitrogens with one attached hydrogen (secondary N) is 2. The average Bonchev–Trinajstić information content (AvgIpc) is 2.39. The third-order valence-corrected chi connectivity index (χ3v) is 2.78. The topological polar surface area (TPSA) is 106 Å². The molecule has 1 aromatic rings. The van der Waals surface area contributed by atoms with E-state index in [-0.39, 0.29) is 18.0 Å². The molecule has 0 spiro atoms. The summed E-state index contributed by atoms with van der Waals surface area (Å²) in [7, 11) is 0. The number of aromatic nitrogens is 1. The summed E-state index contributed by atoms with van der Waals surface area (Å²) in [6.45, 7) is 5.93. The van der Waals surface area contributed by atoms with Crippen LogP contribution < -0.4 is 21.9 Å². The molecule has 0 aliphatic carbocycles. The molecule has 7 heteroatoms. The van der Waals surface area contributed by atoms with E-state index in [0.29, 0.717) is 18.2 Å². The van der Waals surface area contributed by atoms with E-state index in [1.165, 1.54) is 22.9 Å². The Bertz CT molecular complexity index is 566. The van der Waals surface area contributed by atoms with Gasteiger partial charge < -0.3 is 20.9 Å². The maximum Gasteiger partial charge on any atom is 0.251 e. The molecule has 0 saturated carbocycles. The lowest BCUT2D eigenvalue weighted by atomic mass is 10.2. The second-order valence-corrected chi connectivity index (χ2v) is 5.36. The predicted octanol–water partition coefficient (Wildman–Crippen LogP) is -0.293. The number of anilines is 1. The van der Waals surface area contributed by atoms with Gasteiger partial charge in [-0.05, 0) is 18.9 Å². The summed E-state index contributed by atoms with van der Waals surface area (Å²) >= 11 is 0. The van der Waals surface area contributed by atoms with Crippen molar-refractivity contribution in [3.63, 3.8) is 0 Å². The van der Waals surface area contributed by atoms with Crippen LogP contribution in [0.5, 0.6) is 0 Å². The van der Waals surface area contributed by atoms with E-state index in [1.54, 1.807) is 6.92 Å². The van der Waals surface area contributed by atoms with Gasteiger partial charge in [-0.15, -0.1) is 0 Å². The van der Waals surface area contributed by atoms with Crippen molar-refractivity contribution < 1.29 is 9.59 Å². The number of rotatable bonds is 6. The largest absolute Gasteiger partial charge is 0.398 e. The Hall–Kier alpha value is -2.31. The van der Waals surface area contributed by atoms with Gasteiger partial charge in [-0.1, -0.05) is 13.8 Å². The SMILES string of the molecule is CC(C)CNC(=O)C(C)NC(=O)Cn1cc(N)ccc1=O. The minimum atomic E-state index is -0.659. The fourth-order valence-corrected chi connectivity index (χ4v) is 1.64. The van der Waals surface area contributed by atoms with Crippen molar-refractivity contribution in [1.82, 2.24) is 15.2 Å². The van der Waals surface area contributed by atoms with E-state index in [9.17, 15) is 14.4 Å².